The molecule has 1 fully saturated rings. The van der Waals surface area contributed by atoms with Crippen LogP contribution in [0.25, 0.3) is 0 Å². The van der Waals surface area contributed by atoms with Crippen LogP contribution in [0.15, 0.2) is 60.7 Å². The van der Waals surface area contributed by atoms with Gasteiger partial charge in [0.05, 0.1) is 29.7 Å². The highest BCUT2D eigenvalue weighted by molar-refractivity contribution is 6.31. The Hall–Kier alpha value is -3.42. The fourth-order valence-corrected chi connectivity index (χ4v) is 4.70. The second kappa shape index (κ2) is 15.5. The molecule has 0 aromatic heterocycles. The smallest absolute Gasteiger partial charge is 0.335 e. The van der Waals surface area contributed by atoms with E-state index < -0.39 is 11.8 Å². The molecule has 0 saturated carbocycles. The zero-order valence-electron chi connectivity index (χ0n) is 23.1. The second-order valence-electron chi connectivity index (χ2n) is 10.5. The molecular formula is C30H33Cl2F2N3O4. The maximum atomic E-state index is 14.2. The highest BCUT2D eigenvalue weighted by Gasteiger charge is 2.39. The molecule has 1 heterocycles. The lowest BCUT2D eigenvalue weighted by Gasteiger charge is -2.26. The number of halogens is 4. The number of carbonyl (C=O) groups is 1. The van der Waals surface area contributed by atoms with Gasteiger partial charge in [-0.05, 0) is 59.9 Å². The third-order valence-electron chi connectivity index (χ3n) is 6.18. The molecule has 0 radical (unpaired) electrons. The van der Waals surface area contributed by atoms with Crippen molar-refractivity contribution >= 4 is 34.9 Å². The largest absolute Gasteiger partial charge is 0.494 e. The van der Waals surface area contributed by atoms with Gasteiger partial charge in [0.25, 0.3) is 0 Å². The summed E-state index contributed by atoms with van der Waals surface area (Å²) in [5.74, 6) is -1.80. The lowest BCUT2D eigenvalue weighted by molar-refractivity contribution is 0.0696. The monoisotopic (exact) mass is 607 g/mol. The van der Waals surface area contributed by atoms with Crippen molar-refractivity contribution < 1.29 is 28.6 Å². The first-order chi connectivity index (χ1) is 19.3. The fourth-order valence-electron chi connectivity index (χ4n) is 4.34. The van der Waals surface area contributed by atoms with E-state index in [4.69, 9.17) is 38.3 Å². The second-order valence-corrected chi connectivity index (χ2v) is 11.3. The molecule has 41 heavy (non-hydrogen) atoms. The van der Waals surface area contributed by atoms with Gasteiger partial charge in [0.15, 0.2) is 0 Å². The molecule has 0 bridgehead atoms. The summed E-state index contributed by atoms with van der Waals surface area (Å²) >= 11 is 11.3. The van der Waals surface area contributed by atoms with Crippen molar-refractivity contribution in [1.29, 1.82) is 5.26 Å². The van der Waals surface area contributed by atoms with Gasteiger partial charge in [-0.15, -0.1) is 0 Å². The van der Waals surface area contributed by atoms with Gasteiger partial charge in [-0.1, -0.05) is 62.2 Å². The molecule has 220 valence electrons. The van der Waals surface area contributed by atoms with Crippen LogP contribution in [-0.2, 0) is 0 Å². The maximum absolute atomic E-state index is 14.2. The first-order valence-electron chi connectivity index (χ1n) is 12.6. The van der Waals surface area contributed by atoms with Gasteiger partial charge in [-0.2, -0.15) is 5.26 Å². The van der Waals surface area contributed by atoms with Gasteiger partial charge in [-0.25, -0.2) is 13.6 Å². The van der Waals surface area contributed by atoms with E-state index in [1.807, 2.05) is 5.48 Å². The van der Waals surface area contributed by atoms with Gasteiger partial charge in [0.2, 0.25) is 0 Å². The van der Waals surface area contributed by atoms with Gasteiger partial charge in [-0.3, -0.25) is 10.7 Å². The third kappa shape index (κ3) is 10.2. The van der Waals surface area contributed by atoms with Crippen molar-refractivity contribution in [3.05, 3.63) is 93.5 Å². The van der Waals surface area contributed by atoms with Crippen LogP contribution in [0.2, 0.25) is 10.0 Å². The predicted molar refractivity (Wildman–Crippen MR) is 156 cm³/mol. The number of hydrogen-bond acceptors (Lipinski definition) is 6. The number of anilines is 1. The van der Waals surface area contributed by atoms with E-state index >= 15 is 0 Å². The molecule has 1 saturated heterocycles. The van der Waals surface area contributed by atoms with E-state index in [0.29, 0.717) is 22.8 Å². The molecule has 4 N–H and O–H groups in total. The number of nitrogens with zero attached hydrogens (tertiary/aromatic N) is 1. The molecule has 7 nitrogen and oxygen atoms in total. The van der Waals surface area contributed by atoms with Crippen LogP contribution in [-0.4, -0.2) is 36.0 Å². The molecule has 3 aromatic carbocycles. The first kappa shape index (κ1) is 33.8. The number of ether oxygens (including phenoxy) is 1. The fraction of sp³-hybridized carbons (Fsp3) is 0.333. The Morgan fingerprint density at radius 2 is 1.83 bits per heavy atom. The molecule has 0 aliphatic carbocycles. The van der Waals surface area contributed by atoms with E-state index in [9.17, 15) is 18.8 Å². The summed E-state index contributed by atoms with van der Waals surface area (Å²) in [6.07, 6.45) is 0.893. The van der Waals surface area contributed by atoms with Gasteiger partial charge in [0, 0.05) is 23.5 Å². The summed E-state index contributed by atoms with van der Waals surface area (Å²) in [5, 5.41) is 30.6. The van der Waals surface area contributed by atoms with Crippen LogP contribution in [0.1, 0.15) is 49.0 Å². The standard InChI is InChI=1S/C16H20ClFN2.C8H9NO4.C6H4ClF/c1-16(2,3)7-14-11(8-19)12(9-20-14)10-5-4-6-13(17)15(10)18;1-13-7-4-5(8(10)11)2-3-6(7)9-12;7-5-2-1-3-6(8)4-5/h4-6,11-12,14,20H,7,9H2,1-3H3;2-4,9,12H,1H3,(H,10,11);1-4H/t11?,12-,14?;;/m1../s1. The first-order valence-corrected chi connectivity index (χ1v) is 13.4. The van der Waals surface area contributed by atoms with Crippen molar-refractivity contribution in [2.75, 3.05) is 19.1 Å². The van der Waals surface area contributed by atoms with Crippen LogP contribution in [0, 0.1) is 34.3 Å². The molecule has 1 aliphatic rings. The van der Waals surface area contributed by atoms with Crippen LogP contribution in [0.3, 0.4) is 0 Å². The molecule has 0 amide bonds. The van der Waals surface area contributed by atoms with Crippen LogP contribution < -0.4 is 15.5 Å². The molecule has 0 spiro atoms. The number of aromatic carboxylic acids is 1. The number of hydrogen-bond donors (Lipinski definition) is 4. The lowest BCUT2D eigenvalue weighted by atomic mass is 9.79. The Morgan fingerprint density at radius 1 is 1.15 bits per heavy atom. The molecule has 3 aromatic rings. The topological polar surface area (TPSA) is 115 Å². The predicted octanol–water partition coefficient (Wildman–Crippen LogP) is 7.78. The SMILES string of the molecule is CC(C)(C)CC1NC[C@H](c2cccc(Cl)c2F)C1C#N.COc1cc(C(=O)O)ccc1NO.Fc1cccc(Cl)c1. The Bertz CT molecular complexity index is 1350. The summed E-state index contributed by atoms with van der Waals surface area (Å²) in [5.41, 5.74) is 3.01. The third-order valence-corrected chi connectivity index (χ3v) is 6.71. The number of benzene rings is 3. The zero-order chi connectivity index (χ0) is 30.7. The van der Waals surface area contributed by atoms with Crippen molar-refractivity contribution in [2.24, 2.45) is 11.3 Å². The zero-order valence-corrected chi connectivity index (χ0v) is 24.6. The average molecular weight is 609 g/mol. The van der Waals surface area contributed by atoms with Crippen molar-refractivity contribution in [2.45, 2.75) is 39.2 Å². The highest BCUT2D eigenvalue weighted by atomic mass is 35.5. The van der Waals surface area contributed by atoms with Gasteiger partial charge in [0.1, 0.15) is 23.1 Å². The highest BCUT2D eigenvalue weighted by Crippen LogP contribution is 2.38. The van der Waals surface area contributed by atoms with E-state index in [2.05, 4.69) is 32.2 Å². The summed E-state index contributed by atoms with van der Waals surface area (Å²) in [4.78, 5) is 10.5. The Balaban J connectivity index is 0.000000239. The van der Waals surface area contributed by atoms with Gasteiger partial charge >= 0.3 is 5.97 Å². The van der Waals surface area contributed by atoms with E-state index in [1.54, 1.807) is 24.3 Å². The minimum absolute atomic E-state index is 0.100. The number of rotatable bonds is 5. The molecule has 1 aliphatic heterocycles. The number of nitrogens with one attached hydrogen (secondary N) is 2. The van der Waals surface area contributed by atoms with Crippen molar-refractivity contribution in [1.82, 2.24) is 5.32 Å². The van der Waals surface area contributed by atoms with E-state index in [1.165, 1.54) is 43.5 Å². The number of carboxylic acids is 1. The lowest BCUT2D eigenvalue weighted by Crippen LogP contribution is -2.31. The molecule has 3 atom stereocenters. The van der Waals surface area contributed by atoms with Gasteiger partial charge < -0.3 is 15.2 Å². The van der Waals surface area contributed by atoms with Crippen molar-refractivity contribution in [3.63, 3.8) is 0 Å². The number of methoxy groups -OCH3 is 1. The minimum atomic E-state index is -1.04. The summed E-state index contributed by atoms with van der Waals surface area (Å²) in [6, 6.07) is 17.4. The molecule has 11 heteroatoms. The molecular weight excluding hydrogens is 575 g/mol. The summed E-state index contributed by atoms with van der Waals surface area (Å²) in [7, 11) is 1.39. The van der Waals surface area contributed by atoms with Crippen LogP contribution >= 0.6 is 23.2 Å². The quantitative estimate of drug-likeness (QED) is 0.219. The van der Waals surface area contributed by atoms with Crippen LogP contribution in [0.5, 0.6) is 5.75 Å². The summed E-state index contributed by atoms with van der Waals surface area (Å²) in [6.45, 7) is 7.07. The van der Waals surface area contributed by atoms with Crippen LogP contribution in [0.4, 0.5) is 14.5 Å². The minimum Gasteiger partial charge on any atom is -0.494 e. The molecule has 2 unspecified atom stereocenters. The van der Waals surface area contributed by atoms with E-state index in [-0.39, 0.29) is 45.4 Å². The Labute approximate surface area is 248 Å². The number of carboxylic acid groups (broad SMARTS) is 1. The maximum Gasteiger partial charge on any atom is 0.335 e. The summed E-state index contributed by atoms with van der Waals surface area (Å²) < 4.78 is 31.1. The number of nitriles is 1. The normalized spacial score (nSPS) is 17.7. The molecule has 4 rings (SSSR count). The van der Waals surface area contributed by atoms with Crippen molar-refractivity contribution in [3.8, 4) is 11.8 Å². The Kier molecular flexibility index (Phi) is 12.8. The van der Waals surface area contributed by atoms with E-state index in [0.717, 1.165) is 6.42 Å². The average Bonchev–Trinajstić information content (AvgIpc) is 3.30. The Morgan fingerprint density at radius 3 is 2.34 bits per heavy atom.